The lowest BCUT2D eigenvalue weighted by Gasteiger charge is -2.42. The molecular weight excluding hydrogens is 728 g/mol. The lowest BCUT2D eigenvalue weighted by molar-refractivity contribution is -0.145. The van der Waals surface area contributed by atoms with Gasteiger partial charge in [0.2, 0.25) is 29.4 Å². The molecule has 0 spiro atoms. The van der Waals surface area contributed by atoms with Crippen LogP contribution in [-0.2, 0) is 24.0 Å². The van der Waals surface area contributed by atoms with Crippen molar-refractivity contribution in [3.63, 3.8) is 0 Å². The zero-order valence-electron chi connectivity index (χ0n) is 32.0. The van der Waals surface area contributed by atoms with Gasteiger partial charge in [-0.2, -0.15) is 0 Å². The normalized spacial score (nSPS) is 20.7. The van der Waals surface area contributed by atoms with E-state index in [0.29, 0.717) is 24.3 Å². The second-order valence-electron chi connectivity index (χ2n) is 15.9. The Bertz CT molecular complexity index is 1760. The van der Waals surface area contributed by atoms with Crippen LogP contribution in [0, 0.1) is 10.8 Å². The van der Waals surface area contributed by atoms with Gasteiger partial charge in [0.1, 0.15) is 29.9 Å². The predicted molar refractivity (Wildman–Crippen MR) is 203 cm³/mol. The highest BCUT2D eigenvalue weighted by atomic mass is 35.5. The molecule has 0 radical (unpaired) electrons. The number of nitrogens with one attached hydrogen (secondary N) is 4. The van der Waals surface area contributed by atoms with Gasteiger partial charge in [-0.15, -0.1) is 0 Å². The Balaban J connectivity index is 1.41. The van der Waals surface area contributed by atoms with Crippen LogP contribution in [0.25, 0.3) is 0 Å². The number of hydrogen-bond donors (Lipinski definition) is 4. The largest absolute Gasteiger partial charge is 0.472 e. The number of Topliss-reactive ketones (excluding diaryl/α,β-unsaturated/α-hetero) is 1. The van der Waals surface area contributed by atoms with Crippen LogP contribution in [0.4, 0.5) is 0 Å². The van der Waals surface area contributed by atoms with E-state index in [2.05, 4.69) is 36.2 Å². The van der Waals surface area contributed by atoms with Crippen molar-refractivity contribution < 1.29 is 33.5 Å². The fourth-order valence-electron chi connectivity index (χ4n) is 7.20. The minimum absolute atomic E-state index is 0.0345. The van der Waals surface area contributed by atoms with Gasteiger partial charge in [-0.1, -0.05) is 84.1 Å². The standard InChI is InChI=1S/C39H51ClN8O7/c1-6-10-26(30(49)35(52)44-24-12-13-24)45-34(51)28-19-25(55-29-14-11-23(40)20-43-29)22-48(28)37(54)32(38(2,3)4)47-36(53)31(39(5)15-8-7-9-16-39)46-33(50)27-21-41-17-18-42-27/h11-14,17-18,20-21,24-26,28,31-32H,6-10,15-16,19,22H2,1-5H3,(H,44,52)(H,45,51)(H,46,50)(H,47,53)/t25-,26?,28+,31-,32-/m1/s1. The van der Waals surface area contributed by atoms with E-state index in [9.17, 15) is 28.8 Å². The highest BCUT2D eigenvalue weighted by molar-refractivity contribution is 6.38. The lowest BCUT2D eigenvalue weighted by atomic mass is 9.70. The highest BCUT2D eigenvalue weighted by Gasteiger charge is 2.48. The molecule has 2 aromatic rings. The van der Waals surface area contributed by atoms with Gasteiger partial charge in [0.25, 0.3) is 11.8 Å². The van der Waals surface area contributed by atoms with E-state index in [0.717, 1.165) is 19.3 Å². The maximum atomic E-state index is 14.8. The number of hydrogen-bond acceptors (Lipinski definition) is 10. The van der Waals surface area contributed by atoms with Crippen LogP contribution in [0.15, 0.2) is 49.1 Å². The van der Waals surface area contributed by atoms with Crippen molar-refractivity contribution in [3.8, 4) is 5.88 Å². The van der Waals surface area contributed by atoms with Crippen LogP contribution in [-0.4, -0.2) is 98.0 Å². The molecule has 3 heterocycles. The average molecular weight is 779 g/mol. The van der Waals surface area contributed by atoms with Crippen LogP contribution < -0.4 is 26.0 Å². The second-order valence-corrected chi connectivity index (χ2v) is 16.4. The first-order valence-corrected chi connectivity index (χ1v) is 19.3. The van der Waals surface area contributed by atoms with Crippen LogP contribution in [0.3, 0.4) is 0 Å². The third kappa shape index (κ3) is 10.6. The summed E-state index contributed by atoms with van der Waals surface area (Å²) in [7, 11) is 0. The second kappa shape index (κ2) is 17.7. The summed E-state index contributed by atoms with van der Waals surface area (Å²) in [5.74, 6) is -3.68. The molecule has 4 N–H and O–H groups in total. The number of halogens is 1. The van der Waals surface area contributed by atoms with Crippen molar-refractivity contribution in [2.45, 2.75) is 122 Å². The van der Waals surface area contributed by atoms with Gasteiger partial charge in [-0.3, -0.25) is 33.8 Å². The van der Waals surface area contributed by atoms with Crippen LogP contribution >= 0.6 is 11.6 Å². The van der Waals surface area contributed by atoms with Crippen molar-refractivity contribution in [1.82, 2.24) is 41.1 Å². The number of rotatable bonds is 15. The number of likely N-dealkylation sites (tertiary alicyclic amines) is 1. The zero-order valence-corrected chi connectivity index (χ0v) is 32.7. The number of ether oxygens (including phenoxy) is 1. The number of pyridine rings is 1. The molecule has 55 heavy (non-hydrogen) atoms. The van der Waals surface area contributed by atoms with E-state index >= 15 is 0 Å². The van der Waals surface area contributed by atoms with Crippen LogP contribution in [0.1, 0.15) is 96.5 Å². The van der Waals surface area contributed by atoms with Gasteiger partial charge in [0, 0.05) is 31.1 Å². The average Bonchev–Trinajstić information content (AvgIpc) is 3.87. The minimum Gasteiger partial charge on any atom is -0.472 e. The number of carbonyl (C=O) groups excluding carboxylic acids is 6. The molecule has 2 aromatic heterocycles. The van der Waals surface area contributed by atoms with E-state index in [4.69, 9.17) is 16.3 Å². The Morgan fingerprint density at radius 2 is 1.71 bits per heavy atom. The predicted octanol–water partition coefficient (Wildman–Crippen LogP) is 3.08. The molecule has 16 heteroatoms. The molecule has 2 fully saturated rings. The number of aromatic nitrogens is 3. The number of ketones is 1. The molecule has 0 bridgehead atoms. The topological polar surface area (TPSA) is 202 Å². The van der Waals surface area contributed by atoms with E-state index in [1.165, 1.54) is 29.7 Å². The molecular formula is C39H51ClN8O7. The minimum atomic E-state index is -1.16. The maximum absolute atomic E-state index is 14.8. The monoisotopic (exact) mass is 778 g/mol. The third-order valence-electron chi connectivity index (χ3n) is 10.4. The fourth-order valence-corrected chi connectivity index (χ4v) is 7.31. The van der Waals surface area contributed by atoms with E-state index in [1.54, 1.807) is 45.1 Å². The van der Waals surface area contributed by atoms with E-state index < -0.39 is 76.4 Å². The number of amides is 5. The summed E-state index contributed by atoms with van der Waals surface area (Å²) in [6.45, 7) is 9.13. The van der Waals surface area contributed by atoms with Crippen LogP contribution in [0.2, 0.25) is 5.02 Å². The Morgan fingerprint density at radius 1 is 0.982 bits per heavy atom. The van der Waals surface area contributed by atoms with Crippen molar-refractivity contribution in [2.75, 3.05) is 6.54 Å². The van der Waals surface area contributed by atoms with Crippen molar-refractivity contribution >= 4 is 46.9 Å². The number of carbonyl (C=O) groups is 6. The van der Waals surface area contributed by atoms with Gasteiger partial charge in [0.05, 0.1) is 29.8 Å². The summed E-state index contributed by atoms with van der Waals surface area (Å²) in [6, 6.07) is -1.54. The molecule has 296 valence electrons. The molecule has 1 unspecified atom stereocenters. The van der Waals surface area contributed by atoms with Crippen LogP contribution in [0.5, 0.6) is 5.88 Å². The summed E-state index contributed by atoms with van der Waals surface area (Å²) < 4.78 is 6.12. The lowest BCUT2D eigenvalue weighted by Crippen LogP contribution is -2.63. The Kier molecular flexibility index (Phi) is 13.3. The van der Waals surface area contributed by atoms with E-state index in [1.807, 2.05) is 13.8 Å². The molecule has 2 aliphatic carbocycles. The molecule has 5 rings (SSSR count). The Morgan fingerprint density at radius 3 is 2.31 bits per heavy atom. The molecule has 1 saturated carbocycles. The highest BCUT2D eigenvalue weighted by Crippen LogP contribution is 2.39. The van der Waals surface area contributed by atoms with Gasteiger partial charge in [-0.05, 0) is 36.2 Å². The summed E-state index contributed by atoms with van der Waals surface area (Å²) in [5, 5.41) is 11.6. The fraction of sp³-hybridized carbons (Fsp3) is 0.564. The van der Waals surface area contributed by atoms with Gasteiger partial charge < -0.3 is 30.9 Å². The third-order valence-corrected chi connectivity index (χ3v) is 10.6. The van der Waals surface area contributed by atoms with Crippen molar-refractivity contribution in [1.29, 1.82) is 0 Å². The molecule has 15 nitrogen and oxygen atoms in total. The molecule has 0 aromatic carbocycles. The smallest absolute Gasteiger partial charge is 0.290 e. The molecule has 3 aliphatic rings. The summed E-state index contributed by atoms with van der Waals surface area (Å²) in [4.78, 5) is 96.2. The van der Waals surface area contributed by atoms with Crippen molar-refractivity contribution in [2.24, 2.45) is 10.8 Å². The molecule has 5 atom stereocenters. The van der Waals surface area contributed by atoms with Gasteiger partial charge in [0.15, 0.2) is 0 Å². The molecule has 1 aliphatic heterocycles. The number of nitrogens with zero attached hydrogens (tertiary/aromatic N) is 4. The molecule has 1 saturated heterocycles. The zero-order chi connectivity index (χ0) is 39.9. The maximum Gasteiger partial charge on any atom is 0.290 e. The molecule has 5 amide bonds. The first-order valence-electron chi connectivity index (χ1n) is 18.9. The van der Waals surface area contributed by atoms with Gasteiger partial charge in [-0.25, -0.2) is 9.97 Å². The summed E-state index contributed by atoms with van der Waals surface area (Å²) >= 11 is 6.02. The Hall–Kier alpha value is -4.92. The van der Waals surface area contributed by atoms with Gasteiger partial charge >= 0.3 is 0 Å². The van der Waals surface area contributed by atoms with Crippen molar-refractivity contribution in [3.05, 3.63) is 59.8 Å². The SMILES string of the molecule is CCCC(NC(=O)[C@@H]1C[C@@H](Oc2ccc(Cl)cn2)CN1C(=O)[C@@H](NC(=O)[C@@H](NC(=O)c1cnccn1)C1(C)CCCCC1)C(C)(C)C)C(=O)C(=O)NC1C=C1. The van der Waals surface area contributed by atoms with E-state index in [-0.39, 0.29) is 37.0 Å². The Labute approximate surface area is 326 Å². The summed E-state index contributed by atoms with van der Waals surface area (Å²) in [5.41, 5.74) is -1.43. The first kappa shape index (κ1) is 41.2. The quantitative estimate of drug-likeness (QED) is 0.154. The summed E-state index contributed by atoms with van der Waals surface area (Å²) in [6.07, 6.45) is 13.2. The first-order chi connectivity index (χ1) is 26.1.